The van der Waals surface area contributed by atoms with Gasteiger partial charge in [0.1, 0.15) is 17.5 Å². The Morgan fingerprint density at radius 2 is 0.872 bits per heavy atom. The Hall–Kier alpha value is -7.75. The molecule has 0 aliphatic carbocycles. The van der Waals surface area contributed by atoms with Crippen molar-refractivity contribution in [2.75, 3.05) is 151 Å². The number of phenols is 1. The van der Waals surface area contributed by atoms with Gasteiger partial charge in [0.2, 0.25) is 0 Å². The minimum absolute atomic E-state index is 0.0276. The molecule has 3 aliphatic heterocycles. The van der Waals surface area contributed by atoms with Crippen LogP contribution >= 0.6 is 0 Å². The van der Waals surface area contributed by atoms with Crippen LogP contribution in [-0.2, 0) is 64.4 Å². The Morgan fingerprint density at radius 1 is 0.453 bits per heavy atom. The van der Waals surface area contributed by atoms with E-state index in [0.717, 1.165) is 61.5 Å². The lowest BCUT2D eigenvalue weighted by molar-refractivity contribution is -0.192. The number of likely N-dealkylation sites (N-methyl/N-ethyl adjacent to an activating group) is 1. The zero-order valence-electron chi connectivity index (χ0n) is 48.9. The zero-order chi connectivity index (χ0) is 62.8. The molecule has 0 amide bonds. The topological polar surface area (TPSA) is 340 Å². The van der Waals surface area contributed by atoms with Gasteiger partial charge in [-0.25, -0.2) is 0 Å². The van der Waals surface area contributed by atoms with Crippen molar-refractivity contribution in [3.8, 4) is 11.5 Å². The molecule has 4 heterocycles. The van der Waals surface area contributed by atoms with Gasteiger partial charge < -0.3 is 55.6 Å². The lowest BCUT2D eigenvalue weighted by Gasteiger charge is -2.30. The third-order valence-corrected chi connectivity index (χ3v) is 14.8. The molecule has 0 saturated carbocycles. The average Bonchev–Trinajstić information content (AvgIpc) is 3.49. The first-order valence-corrected chi connectivity index (χ1v) is 28.5. The Balaban J connectivity index is 0.000000271. The second-order valence-electron chi connectivity index (χ2n) is 21.2. The second-order valence-corrected chi connectivity index (χ2v) is 21.2. The molecule has 0 spiro atoms. The fraction of sp³-hybridized carbons (Fsp3) is 0.500. The van der Waals surface area contributed by atoms with Crippen LogP contribution in [0.4, 0.5) is 0 Å². The summed E-state index contributed by atoms with van der Waals surface area (Å²) in [5.74, 6) is -4.70. The maximum Gasteiger partial charge on any atom is 0.373 e. The highest BCUT2D eigenvalue weighted by molar-refractivity contribution is 5.75. The molecular formula is C60H84N10O16. The monoisotopic (exact) mass is 1200 g/mol. The van der Waals surface area contributed by atoms with Crippen molar-refractivity contribution in [1.29, 1.82) is 0 Å². The average molecular weight is 1200 g/mol. The summed E-state index contributed by atoms with van der Waals surface area (Å²) in [6.07, 6.45) is 2.03. The summed E-state index contributed by atoms with van der Waals surface area (Å²) >= 11 is 0. The van der Waals surface area contributed by atoms with Gasteiger partial charge in [-0.1, -0.05) is 72.8 Å². The molecule has 0 radical (unpaired) electrons. The Morgan fingerprint density at radius 3 is 1.36 bits per heavy atom. The molecule has 3 saturated heterocycles. The van der Waals surface area contributed by atoms with Crippen molar-refractivity contribution < 1.29 is 79.2 Å². The van der Waals surface area contributed by atoms with Gasteiger partial charge in [-0.15, -0.1) is 0 Å². The van der Waals surface area contributed by atoms with Crippen LogP contribution < -0.4 is 0 Å². The number of nitrogens with zero attached hydrogens (tertiary/aromatic N) is 10. The number of para-hydroxylation sites is 1. The van der Waals surface area contributed by atoms with E-state index in [1.54, 1.807) is 30.5 Å². The lowest BCUT2D eigenvalue weighted by Crippen LogP contribution is -2.41. The highest BCUT2D eigenvalue weighted by atomic mass is 16.4. The predicted molar refractivity (Wildman–Crippen MR) is 314 cm³/mol. The van der Waals surface area contributed by atoms with Crippen LogP contribution in [0.5, 0.6) is 11.5 Å². The Bertz CT molecular complexity index is 2640. The number of hydrogen-bond donors (Lipinski definition) is 8. The summed E-state index contributed by atoms with van der Waals surface area (Å²) < 4.78 is 0. The van der Waals surface area contributed by atoms with Crippen LogP contribution in [0.3, 0.4) is 0 Å². The van der Waals surface area contributed by atoms with Crippen LogP contribution in [0.1, 0.15) is 46.8 Å². The molecular weight excluding hydrogens is 1120 g/mol. The minimum atomic E-state index is -0.879. The molecule has 470 valence electrons. The van der Waals surface area contributed by atoms with Crippen LogP contribution in [0.2, 0.25) is 0 Å². The van der Waals surface area contributed by atoms with E-state index < -0.39 is 41.9 Å². The number of phenolic OH excluding ortho intramolecular Hbond substituents is 1. The van der Waals surface area contributed by atoms with Gasteiger partial charge in [0.05, 0.1) is 38.0 Å². The van der Waals surface area contributed by atoms with E-state index in [4.69, 9.17) is 35.1 Å². The fourth-order valence-electron chi connectivity index (χ4n) is 9.96. The summed E-state index contributed by atoms with van der Waals surface area (Å²) in [5.41, 5.74) is 4.12. The van der Waals surface area contributed by atoms with E-state index in [1.807, 2.05) is 81.4 Å². The normalized spacial score (nSPS) is 17.5. The molecule has 7 rings (SSSR count). The summed E-state index contributed by atoms with van der Waals surface area (Å²) in [6, 6.07) is 26.9. The molecule has 0 bridgehead atoms. The number of pyridine rings is 1. The number of carboxylic acids is 6. The molecule has 3 fully saturated rings. The van der Waals surface area contributed by atoms with Crippen molar-refractivity contribution in [2.45, 2.75) is 44.9 Å². The minimum Gasteiger partial charge on any atom is -0.508 e. The first kappa shape index (κ1) is 70.7. The van der Waals surface area contributed by atoms with E-state index >= 15 is 0 Å². The highest BCUT2D eigenvalue weighted by Crippen LogP contribution is 2.23. The van der Waals surface area contributed by atoms with Crippen LogP contribution in [-0.4, -0.2) is 283 Å². The Labute approximate surface area is 501 Å². The van der Waals surface area contributed by atoms with E-state index in [0.29, 0.717) is 117 Å². The van der Waals surface area contributed by atoms with Crippen molar-refractivity contribution >= 4 is 42.0 Å². The maximum atomic E-state index is 12.1. The number of rotatable bonds is 21. The molecule has 26 nitrogen and oxygen atoms in total. The van der Waals surface area contributed by atoms with Gasteiger partial charge in [0.15, 0.2) is 0 Å². The molecule has 3 aliphatic rings. The predicted octanol–water partition coefficient (Wildman–Crippen LogP) is 1.74. The van der Waals surface area contributed by atoms with Gasteiger partial charge in [-0.05, 0) is 41.9 Å². The van der Waals surface area contributed by atoms with Crippen molar-refractivity contribution in [3.05, 3.63) is 125 Å². The van der Waals surface area contributed by atoms with Gasteiger partial charge in [0, 0.05) is 162 Å². The van der Waals surface area contributed by atoms with Crippen molar-refractivity contribution in [2.24, 2.45) is 0 Å². The quantitative estimate of drug-likeness (QED) is 0.0589. The summed E-state index contributed by atoms with van der Waals surface area (Å²) in [5, 5.41) is 74.9. The van der Waals surface area contributed by atoms with E-state index in [2.05, 4.69) is 41.4 Å². The molecule has 1 unspecified atom stereocenters. The van der Waals surface area contributed by atoms with Gasteiger partial charge >= 0.3 is 42.0 Å². The molecule has 1 atom stereocenters. The number of aromatic hydroxyl groups is 2. The number of aliphatic carboxylic acids is 6. The van der Waals surface area contributed by atoms with Crippen LogP contribution in [0, 0.1) is 0 Å². The SMILES string of the molecule is CN1CCN(Cc2ccc(CC(=O)O)cc2)CCN(C(C(=O)O)c2ccccc2)CC1.O=C(O)CCN1CCN(CC(=O)O)CCN(Cc2ccccc2O)CC1.O=C(O)CCN1CCN(CC(=O)O)CCN(Cc2ncccc2O)CC1.O=C=O. The fourth-order valence-corrected chi connectivity index (χ4v) is 9.96. The molecule has 4 aromatic rings. The van der Waals surface area contributed by atoms with E-state index in [9.17, 15) is 44.1 Å². The van der Waals surface area contributed by atoms with Crippen molar-refractivity contribution in [3.63, 3.8) is 0 Å². The van der Waals surface area contributed by atoms with Crippen molar-refractivity contribution in [1.82, 2.24) is 49.1 Å². The number of carbonyl (C=O) groups excluding carboxylic acids is 2. The summed E-state index contributed by atoms with van der Waals surface area (Å²) in [4.78, 5) is 106. The number of aromatic nitrogens is 1. The number of carboxylic acid groups (broad SMARTS) is 6. The van der Waals surface area contributed by atoms with E-state index in [-0.39, 0.29) is 50.0 Å². The number of hydrogen-bond acceptors (Lipinski definition) is 20. The van der Waals surface area contributed by atoms with Crippen LogP contribution in [0.25, 0.3) is 0 Å². The third-order valence-electron chi connectivity index (χ3n) is 14.8. The summed E-state index contributed by atoms with van der Waals surface area (Å²) in [6.45, 7) is 15.1. The number of carbonyl (C=O) groups is 6. The Kier molecular flexibility index (Phi) is 32.1. The molecule has 1 aromatic heterocycles. The second kappa shape index (κ2) is 39.0. The van der Waals surface area contributed by atoms with Gasteiger partial charge in [-0.3, -0.25) is 63.2 Å². The number of benzene rings is 3. The third kappa shape index (κ3) is 28.4. The highest BCUT2D eigenvalue weighted by Gasteiger charge is 2.29. The van der Waals surface area contributed by atoms with Gasteiger partial charge in [-0.2, -0.15) is 9.59 Å². The lowest BCUT2D eigenvalue weighted by atomic mass is 10.1. The summed E-state index contributed by atoms with van der Waals surface area (Å²) in [7, 11) is 2.07. The molecule has 26 heteroatoms. The van der Waals surface area contributed by atoms with Crippen LogP contribution in [0.15, 0.2) is 97.2 Å². The largest absolute Gasteiger partial charge is 0.508 e. The smallest absolute Gasteiger partial charge is 0.373 e. The molecule has 86 heavy (non-hydrogen) atoms. The maximum absolute atomic E-state index is 12.1. The zero-order valence-corrected chi connectivity index (χ0v) is 48.9. The van der Waals surface area contributed by atoms with E-state index in [1.165, 1.54) is 0 Å². The molecule has 3 aromatic carbocycles. The first-order valence-electron chi connectivity index (χ1n) is 28.5. The standard InChI is InChI=1S/C24H31N3O4.C18H27N3O5.C17H26N4O5.CO2/c1-25-11-13-26(18-20-9-7-19(8-10-20)17-22(28)29)14-16-27(15-12-25)23(24(30)31)21-5-3-2-4-6-21;22-16-4-2-1-3-15(16)13-20-9-7-19(6-5-17(23)24)8-10-21(12-11-20)14-18(25)26;22-15-2-1-4-18-14(15)12-20-8-6-19(5-3-16(23)24)7-9-21(11-10-20)13-17(25)26;2-1-3/h2-10,23H,11-18H2,1H3,(H,28,29)(H,30,31);1-4,22H,5-14H2,(H,23,24)(H,25,26);1-2,4,22H,3,5-13H2,(H,23,24)(H,25,26);. The molecule has 8 N–H and O–H groups in total. The first-order chi connectivity index (χ1) is 41.2. The van der Waals surface area contributed by atoms with Gasteiger partial charge in [0.25, 0.3) is 0 Å².